The smallest absolute Gasteiger partial charge is 0.434 e. The molecule has 1 aromatic carbocycles. The van der Waals surface area contributed by atoms with Crippen LogP contribution in [0.15, 0.2) is 23.1 Å². The summed E-state index contributed by atoms with van der Waals surface area (Å²) in [6.45, 7) is 1.70. The minimum absolute atomic E-state index is 0.113. The van der Waals surface area contributed by atoms with E-state index in [4.69, 9.17) is 11.6 Å². The van der Waals surface area contributed by atoms with Crippen LogP contribution in [0.2, 0.25) is 5.02 Å². The lowest BCUT2D eigenvalue weighted by atomic mass is 10.3. The van der Waals surface area contributed by atoms with Crippen molar-refractivity contribution in [1.82, 2.24) is 0 Å². The first-order valence-corrected chi connectivity index (χ1v) is 6.19. The van der Waals surface area contributed by atoms with E-state index in [1.54, 1.807) is 6.92 Å². The first kappa shape index (κ1) is 13.7. The monoisotopic (exact) mass is 282 g/mol. The van der Waals surface area contributed by atoms with E-state index in [0.717, 1.165) is 18.2 Å². The summed E-state index contributed by atoms with van der Waals surface area (Å²) in [4.78, 5) is 10.3. The lowest BCUT2D eigenvalue weighted by Crippen LogP contribution is -2.10. The quantitative estimate of drug-likeness (QED) is 0.484. The number of rotatable bonds is 3. The van der Waals surface area contributed by atoms with Crippen LogP contribution >= 0.6 is 11.6 Å². The summed E-state index contributed by atoms with van der Waals surface area (Å²) in [6.07, 6.45) is -0.981. The third kappa shape index (κ3) is 3.86. The van der Waals surface area contributed by atoms with Crippen molar-refractivity contribution in [2.24, 2.45) is 0 Å². The SMILES string of the molecule is CCOC(=O)Oc1ccc(S(=O)(=O)F)cc1Cl. The Kier molecular flexibility index (Phi) is 4.30. The van der Waals surface area contributed by atoms with Gasteiger partial charge in [0.05, 0.1) is 11.6 Å². The van der Waals surface area contributed by atoms with Crippen molar-refractivity contribution in [2.45, 2.75) is 11.8 Å². The topological polar surface area (TPSA) is 69.7 Å². The van der Waals surface area contributed by atoms with Crippen molar-refractivity contribution in [3.05, 3.63) is 23.2 Å². The maximum absolute atomic E-state index is 12.6. The summed E-state index contributed by atoms with van der Waals surface area (Å²) in [5.41, 5.74) is 0. The van der Waals surface area contributed by atoms with Gasteiger partial charge in [0.15, 0.2) is 5.75 Å². The van der Waals surface area contributed by atoms with Crippen LogP contribution in [0.4, 0.5) is 8.68 Å². The van der Waals surface area contributed by atoms with Gasteiger partial charge in [-0.3, -0.25) is 0 Å². The van der Waals surface area contributed by atoms with Crippen LogP contribution < -0.4 is 4.74 Å². The molecule has 0 saturated carbocycles. The molecule has 0 radical (unpaired) electrons. The number of benzene rings is 1. The number of hydrogen-bond donors (Lipinski definition) is 0. The molecule has 0 fully saturated rings. The largest absolute Gasteiger partial charge is 0.513 e. The highest BCUT2D eigenvalue weighted by Gasteiger charge is 2.16. The van der Waals surface area contributed by atoms with Gasteiger partial charge in [-0.25, -0.2) is 4.79 Å². The Morgan fingerprint density at radius 1 is 1.47 bits per heavy atom. The van der Waals surface area contributed by atoms with Crippen molar-refractivity contribution in [2.75, 3.05) is 6.61 Å². The summed E-state index contributed by atoms with van der Waals surface area (Å²) < 4.78 is 42.9. The van der Waals surface area contributed by atoms with Crippen LogP contribution in [-0.2, 0) is 15.0 Å². The molecule has 0 aliphatic carbocycles. The zero-order chi connectivity index (χ0) is 13.1. The second-order valence-corrected chi connectivity index (χ2v) is 4.57. The predicted octanol–water partition coefficient (Wildman–Crippen LogP) is 2.53. The molecule has 0 aliphatic heterocycles. The van der Waals surface area contributed by atoms with Crippen LogP contribution in [-0.4, -0.2) is 21.2 Å². The van der Waals surface area contributed by atoms with Crippen molar-refractivity contribution >= 4 is 28.0 Å². The minimum Gasteiger partial charge on any atom is -0.434 e. The first-order valence-electron chi connectivity index (χ1n) is 4.43. The van der Waals surface area contributed by atoms with Gasteiger partial charge in [0.2, 0.25) is 0 Å². The van der Waals surface area contributed by atoms with E-state index in [1.807, 2.05) is 0 Å². The molecular formula is C9H8ClFO5S. The highest BCUT2D eigenvalue weighted by Crippen LogP contribution is 2.28. The van der Waals surface area contributed by atoms with E-state index >= 15 is 0 Å². The van der Waals surface area contributed by atoms with Crippen molar-refractivity contribution in [3.63, 3.8) is 0 Å². The van der Waals surface area contributed by atoms with Gasteiger partial charge in [-0.2, -0.15) is 8.42 Å². The van der Waals surface area contributed by atoms with Crippen molar-refractivity contribution in [1.29, 1.82) is 0 Å². The van der Waals surface area contributed by atoms with E-state index in [2.05, 4.69) is 9.47 Å². The third-order valence-corrected chi connectivity index (χ3v) is 2.75. The molecule has 0 aliphatic rings. The maximum Gasteiger partial charge on any atom is 0.513 e. The zero-order valence-corrected chi connectivity index (χ0v) is 10.2. The second kappa shape index (κ2) is 5.33. The molecule has 0 amide bonds. The minimum atomic E-state index is -4.84. The van der Waals surface area contributed by atoms with Gasteiger partial charge in [0.25, 0.3) is 0 Å². The van der Waals surface area contributed by atoms with Gasteiger partial charge in [0.1, 0.15) is 4.90 Å². The number of hydrogen-bond acceptors (Lipinski definition) is 5. The Morgan fingerprint density at radius 2 is 2.12 bits per heavy atom. The van der Waals surface area contributed by atoms with Crippen LogP contribution in [0.5, 0.6) is 5.75 Å². The summed E-state index contributed by atoms with van der Waals surface area (Å²) in [5.74, 6) is -0.113. The van der Waals surface area contributed by atoms with Crippen molar-refractivity contribution in [3.8, 4) is 5.75 Å². The molecule has 0 aromatic heterocycles. The lowest BCUT2D eigenvalue weighted by molar-refractivity contribution is 0.104. The molecule has 0 atom stereocenters. The Balaban J connectivity index is 2.95. The molecule has 0 heterocycles. The molecule has 0 unspecified atom stereocenters. The second-order valence-electron chi connectivity index (χ2n) is 2.82. The molecule has 0 N–H and O–H groups in total. The number of ether oxygens (including phenoxy) is 2. The summed E-state index contributed by atoms with van der Waals surface area (Å²) in [6, 6.07) is 2.83. The van der Waals surface area contributed by atoms with Gasteiger partial charge in [-0.15, -0.1) is 3.89 Å². The first-order chi connectivity index (χ1) is 7.84. The molecule has 8 heteroatoms. The van der Waals surface area contributed by atoms with E-state index < -0.39 is 21.3 Å². The summed E-state index contributed by atoms with van der Waals surface area (Å²) in [7, 11) is -4.84. The molecule has 17 heavy (non-hydrogen) atoms. The fourth-order valence-corrected chi connectivity index (χ4v) is 1.73. The van der Waals surface area contributed by atoms with Crippen LogP contribution in [0.1, 0.15) is 6.92 Å². The van der Waals surface area contributed by atoms with Gasteiger partial charge >= 0.3 is 16.4 Å². The van der Waals surface area contributed by atoms with Gasteiger partial charge < -0.3 is 9.47 Å². The molecule has 1 aromatic rings. The Labute approximate surface area is 102 Å². The zero-order valence-electron chi connectivity index (χ0n) is 8.64. The predicted molar refractivity (Wildman–Crippen MR) is 57.4 cm³/mol. The van der Waals surface area contributed by atoms with E-state index in [0.29, 0.717) is 0 Å². The van der Waals surface area contributed by atoms with Gasteiger partial charge in [0, 0.05) is 0 Å². The Hall–Kier alpha value is -1.34. The molecular weight excluding hydrogens is 275 g/mol. The third-order valence-electron chi connectivity index (χ3n) is 1.64. The van der Waals surface area contributed by atoms with Crippen LogP contribution in [0.25, 0.3) is 0 Å². The molecule has 0 bridgehead atoms. The average Bonchev–Trinajstić information content (AvgIpc) is 2.20. The number of halogens is 2. The Bertz CT molecular complexity index is 528. The fraction of sp³-hybridized carbons (Fsp3) is 0.222. The maximum atomic E-state index is 12.6. The van der Waals surface area contributed by atoms with E-state index in [9.17, 15) is 17.1 Å². The standard InChI is InChI=1S/C9H8ClFO5S/c1-2-15-9(12)16-8-4-3-6(5-7(8)10)17(11,13)14/h3-5H,2H2,1H3. The molecule has 1 rings (SSSR count). The Morgan fingerprint density at radius 3 is 2.59 bits per heavy atom. The highest BCUT2D eigenvalue weighted by atomic mass is 35.5. The van der Waals surface area contributed by atoms with Crippen LogP contribution in [0, 0.1) is 0 Å². The van der Waals surface area contributed by atoms with E-state index in [-0.39, 0.29) is 17.4 Å². The molecule has 94 valence electrons. The van der Waals surface area contributed by atoms with Crippen molar-refractivity contribution < 1.29 is 26.6 Å². The molecule has 0 spiro atoms. The number of carbonyl (C=O) groups is 1. The molecule has 0 saturated heterocycles. The lowest BCUT2D eigenvalue weighted by Gasteiger charge is -2.06. The van der Waals surface area contributed by atoms with E-state index in [1.165, 1.54) is 0 Å². The summed E-state index contributed by atoms with van der Waals surface area (Å²) >= 11 is 5.62. The summed E-state index contributed by atoms with van der Waals surface area (Å²) in [5, 5.41) is -0.211. The van der Waals surface area contributed by atoms with Gasteiger partial charge in [-0.1, -0.05) is 11.6 Å². The average molecular weight is 283 g/mol. The number of carbonyl (C=O) groups excluding carboxylic acids is 1. The highest BCUT2D eigenvalue weighted by molar-refractivity contribution is 7.86. The fourth-order valence-electron chi connectivity index (χ4n) is 0.953. The normalized spacial score (nSPS) is 11.0. The van der Waals surface area contributed by atoms with Gasteiger partial charge in [-0.05, 0) is 25.1 Å². The van der Waals surface area contributed by atoms with Crippen LogP contribution in [0.3, 0.4) is 0 Å². The molecule has 5 nitrogen and oxygen atoms in total.